The van der Waals surface area contributed by atoms with Crippen LogP contribution in [0.1, 0.15) is 34.0 Å². The zero-order valence-electron chi connectivity index (χ0n) is 12.1. The van der Waals surface area contributed by atoms with E-state index in [1.165, 1.54) is 13.0 Å². The smallest absolute Gasteiger partial charge is 0.163 e. The number of carbonyl (C=O) groups is 1. The maximum atomic E-state index is 13.6. The van der Waals surface area contributed by atoms with E-state index in [9.17, 15) is 9.18 Å². The van der Waals surface area contributed by atoms with E-state index in [2.05, 4.69) is 0 Å². The number of Topliss-reactive ketones (excluding diaryl/α,β-unsaturated/α-hetero) is 1. The molecule has 0 spiro atoms. The SMILES string of the molecule is CC(=O)c1cc(F)c(C)cc1Oc1cc(C)cc(C)c1. The van der Waals surface area contributed by atoms with E-state index < -0.39 is 5.82 Å². The number of aryl methyl sites for hydroxylation is 3. The summed E-state index contributed by atoms with van der Waals surface area (Å²) in [7, 11) is 0. The summed E-state index contributed by atoms with van der Waals surface area (Å²) < 4.78 is 19.4. The summed E-state index contributed by atoms with van der Waals surface area (Å²) in [5.41, 5.74) is 2.85. The van der Waals surface area contributed by atoms with E-state index in [0.29, 0.717) is 17.1 Å². The second-order valence-electron chi connectivity index (χ2n) is 5.08. The second kappa shape index (κ2) is 5.45. The van der Waals surface area contributed by atoms with Crippen LogP contribution in [-0.4, -0.2) is 5.78 Å². The van der Waals surface area contributed by atoms with Gasteiger partial charge in [0.05, 0.1) is 5.56 Å². The molecule has 0 aliphatic heterocycles. The molecule has 0 radical (unpaired) electrons. The first kappa shape index (κ1) is 14.3. The van der Waals surface area contributed by atoms with Gasteiger partial charge in [0.1, 0.15) is 17.3 Å². The predicted molar refractivity (Wildman–Crippen MR) is 77.1 cm³/mol. The fourth-order valence-corrected chi connectivity index (χ4v) is 2.13. The lowest BCUT2D eigenvalue weighted by atomic mass is 10.1. The molecule has 2 aromatic carbocycles. The molecule has 0 heterocycles. The van der Waals surface area contributed by atoms with Crippen molar-refractivity contribution < 1.29 is 13.9 Å². The third-order valence-corrected chi connectivity index (χ3v) is 3.06. The summed E-state index contributed by atoms with van der Waals surface area (Å²) >= 11 is 0. The van der Waals surface area contributed by atoms with Crippen molar-refractivity contribution >= 4 is 5.78 Å². The minimum Gasteiger partial charge on any atom is -0.457 e. The number of hydrogen-bond acceptors (Lipinski definition) is 2. The van der Waals surface area contributed by atoms with Crippen molar-refractivity contribution in [2.24, 2.45) is 0 Å². The Morgan fingerprint density at radius 1 is 1.00 bits per heavy atom. The maximum Gasteiger partial charge on any atom is 0.163 e. The first-order valence-electron chi connectivity index (χ1n) is 6.44. The van der Waals surface area contributed by atoms with Gasteiger partial charge in [0.2, 0.25) is 0 Å². The molecule has 0 bridgehead atoms. The van der Waals surface area contributed by atoms with Crippen LogP contribution in [0.4, 0.5) is 4.39 Å². The topological polar surface area (TPSA) is 26.3 Å². The van der Waals surface area contributed by atoms with Crippen LogP contribution < -0.4 is 4.74 Å². The van der Waals surface area contributed by atoms with Gasteiger partial charge >= 0.3 is 0 Å². The number of hydrogen-bond donors (Lipinski definition) is 0. The van der Waals surface area contributed by atoms with Crippen LogP contribution in [0.3, 0.4) is 0 Å². The Balaban J connectivity index is 2.47. The Kier molecular flexibility index (Phi) is 3.89. The first-order valence-corrected chi connectivity index (χ1v) is 6.44. The Bertz CT molecular complexity index is 655. The van der Waals surface area contributed by atoms with Gasteiger partial charge in [-0.15, -0.1) is 0 Å². The molecule has 0 fully saturated rings. The lowest BCUT2D eigenvalue weighted by Crippen LogP contribution is -2.00. The lowest BCUT2D eigenvalue weighted by molar-refractivity contribution is 0.101. The molecule has 0 aromatic heterocycles. The van der Waals surface area contributed by atoms with Crippen molar-refractivity contribution in [2.75, 3.05) is 0 Å². The molecule has 3 heteroatoms. The molecule has 0 unspecified atom stereocenters. The van der Waals surface area contributed by atoms with E-state index in [-0.39, 0.29) is 11.3 Å². The molecular weight excluding hydrogens is 255 g/mol. The molecule has 0 aliphatic carbocycles. The second-order valence-corrected chi connectivity index (χ2v) is 5.08. The Morgan fingerprint density at radius 3 is 2.15 bits per heavy atom. The van der Waals surface area contributed by atoms with Gasteiger partial charge in [-0.1, -0.05) is 6.07 Å². The summed E-state index contributed by atoms with van der Waals surface area (Å²) in [6, 6.07) is 8.60. The van der Waals surface area contributed by atoms with Gasteiger partial charge in [-0.05, 0) is 68.7 Å². The molecule has 2 aromatic rings. The zero-order chi connectivity index (χ0) is 14.9. The highest BCUT2D eigenvalue weighted by Gasteiger charge is 2.13. The van der Waals surface area contributed by atoms with E-state index >= 15 is 0 Å². The van der Waals surface area contributed by atoms with Gasteiger partial charge in [0, 0.05) is 0 Å². The van der Waals surface area contributed by atoms with Crippen LogP contribution in [0, 0.1) is 26.6 Å². The Labute approximate surface area is 118 Å². The minimum atomic E-state index is -0.400. The van der Waals surface area contributed by atoms with Crippen LogP contribution >= 0.6 is 0 Å². The van der Waals surface area contributed by atoms with Crippen molar-refractivity contribution in [1.82, 2.24) is 0 Å². The lowest BCUT2D eigenvalue weighted by Gasteiger charge is -2.12. The number of ether oxygens (including phenoxy) is 1. The van der Waals surface area contributed by atoms with Crippen LogP contribution in [0.15, 0.2) is 30.3 Å². The highest BCUT2D eigenvalue weighted by Crippen LogP contribution is 2.29. The highest BCUT2D eigenvalue weighted by molar-refractivity contribution is 5.97. The van der Waals surface area contributed by atoms with Crippen molar-refractivity contribution in [1.29, 1.82) is 0 Å². The molecule has 2 nitrogen and oxygen atoms in total. The highest BCUT2D eigenvalue weighted by atomic mass is 19.1. The standard InChI is InChI=1S/C17H17FO2/c1-10-5-11(2)7-14(6-10)20-17-8-12(3)16(18)9-15(17)13(4)19/h5-9H,1-4H3. The summed E-state index contributed by atoms with van der Waals surface area (Å²) in [6.07, 6.45) is 0. The molecule has 104 valence electrons. The third kappa shape index (κ3) is 3.05. The fraction of sp³-hybridized carbons (Fsp3) is 0.235. The van der Waals surface area contributed by atoms with Crippen LogP contribution in [-0.2, 0) is 0 Å². The molecular formula is C17H17FO2. The van der Waals surface area contributed by atoms with Gasteiger partial charge in [-0.3, -0.25) is 4.79 Å². The Morgan fingerprint density at radius 2 is 1.60 bits per heavy atom. The van der Waals surface area contributed by atoms with E-state index in [0.717, 1.165) is 11.1 Å². The van der Waals surface area contributed by atoms with Crippen LogP contribution in [0.5, 0.6) is 11.5 Å². The average molecular weight is 272 g/mol. The number of halogens is 1. The molecule has 0 saturated heterocycles. The van der Waals surface area contributed by atoms with Gasteiger partial charge in [-0.25, -0.2) is 4.39 Å². The van der Waals surface area contributed by atoms with E-state index in [1.807, 2.05) is 32.0 Å². The van der Waals surface area contributed by atoms with Gasteiger partial charge in [0.25, 0.3) is 0 Å². The van der Waals surface area contributed by atoms with Gasteiger partial charge in [-0.2, -0.15) is 0 Å². The molecule has 0 atom stereocenters. The van der Waals surface area contributed by atoms with Crippen molar-refractivity contribution in [2.45, 2.75) is 27.7 Å². The normalized spacial score (nSPS) is 10.4. The summed E-state index contributed by atoms with van der Waals surface area (Å²) in [5.74, 6) is 0.420. The predicted octanol–water partition coefficient (Wildman–Crippen LogP) is 4.75. The average Bonchev–Trinajstić information content (AvgIpc) is 2.31. The van der Waals surface area contributed by atoms with Crippen LogP contribution in [0.2, 0.25) is 0 Å². The molecule has 2 rings (SSSR count). The van der Waals surface area contributed by atoms with E-state index in [4.69, 9.17) is 4.74 Å². The van der Waals surface area contributed by atoms with Crippen LogP contribution in [0.25, 0.3) is 0 Å². The summed E-state index contributed by atoms with van der Waals surface area (Å²) in [5, 5.41) is 0. The summed E-state index contributed by atoms with van der Waals surface area (Å²) in [6.45, 7) is 7.00. The quantitative estimate of drug-likeness (QED) is 0.754. The van der Waals surface area contributed by atoms with Gasteiger partial charge in [0.15, 0.2) is 5.78 Å². The van der Waals surface area contributed by atoms with Crippen molar-refractivity contribution in [3.05, 3.63) is 58.4 Å². The maximum absolute atomic E-state index is 13.6. The van der Waals surface area contributed by atoms with E-state index in [1.54, 1.807) is 13.0 Å². The number of carbonyl (C=O) groups excluding carboxylic acids is 1. The Hall–Kier alpha value is -2.16. The summed E-state index contributed by atoms with van der Waals surface area (Å²) in [4.78, 5) is 11.6. The van der Waals surface area contributed by atoms with Gasteiger partial charge < -0.3 is 4.74 Å². The molecule has 0 saturated carbocycles. The number of rotatable bonds is 3. The molecule has 0 N–H and O–H groups in total. The monoisotopic (exact) mass is 272 g/mol. The fourth-order valence-electron chi connectivity index (χ4n) is 2.13. The first-order chi connectivity index (χ1) is 9.36. The number of ketones is 1. The molecule has 0 amide bonds. The largest absolute Gasteiger partial charge is 0.457 e. The zero-order valence-corrected chi connectivity index (χ0v) is 12.1. The number of benzene rings is 2. The van der Waals surface area contributed by atoms with Crippen molar-refractivity contribution in [3.63, 3.8) is 0 Å². The third-order valence-electron chi connectivity index (χ3n) is 3.06. The molecule has 0 aliphatic rings. The minimum absolute atomic E-state index is 0.219. The van der Waals surface area contributed by atoms with Crippen molar-refractivity contribution in [3.8, 4) is 11.5 Å². The molecule has 20 heavy (non-hydrogen) atoms.